The van der Waals surface area contributed by atoms with Gasteiger partial charge in [0.15, 0.2) is 6.61 Å². The number of aromatic nitrogens is 2. The Bertz CT molecular complexity index is 972. The lowest BCUT2D eigenvalue weighted by Gasteiger charge is -2.19. The molecule has 2 aromatic carbocycles. The van der Waals surface area contributed by atoms with Crippen molar-refractivity contribution in [2.24, 2.45) is 0 Å². The maximum absolute atomic E-state index is 12.6. The van der Waals surface area contributed by atoms with E-state index in [0.29, 0.717) is 29.0 Å². The molecule has 0 saturated carbocycles. The quantitative estimate of drug-likeness (QED) is 0.493. The number of hydrogen-bond acceptors (Lipinski definition) is 6. The van der Waals surface area contributed by atoms with Gasteiger partial charge in [-0.15, -0.1) is 6.58 Å². The molecule has 1 heterocycles. The van der Waals surface area contributed by atoms with Crippen LogP contribution in [0.4, 0.5) is 0 Å². The zero-order valence-corrected chi connectivity index (χ0v) is 16.6. The van der Waals surface area contributed by atoms with Crippen LogP contribution in [0.15, 0.2) is 65.7 Å². The number of carbonyl (C=O) groups excluding carboxylic acids is 1. The minimum absolute atomic E-state index is 0.139. The number of para-hydroxylation sites is 1. The van der Waals surface area contributed by atoms with Gasteiger partial charge in [-0.3, -0.25) is 4.79 Å². The van der Waals surface area contributed by atoms with Crippen LogP contribution in [0, 0.1) is 0 Å². The van der Waals surface area contributed by atoms with Gasteiger partial charge in [0.2, 0.25) is 11.7 Å². The molecule has 150 valence electrons. The SMILES string of the molecule is C=CCN(Cc1nc(-c2ccc(OC)cc2)no1)C(=O)COc1ccccc1Cl. The van der Waals surface area contributed by atoms with Gasteiger partial charge in [-0.2, -0.15) is 4.98 Å². The smallest absolute Gasteiger partial charge is 0.261 e. The fourth-order valence-electron chi connectivity index (χ4n) is 2.54. The van der Waals surface area contributed by atoms with E-state index in [1.54, 1.807) is 37.5 Å². The molecule has 0 aliphatic carbocycles. The Morgan fingerprint density at radius 1 is 1.24 bits per heavy atom. The van der Waals surface area contributed by atoms with Crippen LogP contribution in [0.5, 0.6) is 11.5 Å². The molecule has 0 fully saturated rings. The molecule has 0 N–H and O–H groups in total. The molecule has 8 heteroatoms. The molecule has 0 bridgehead atoms. The molecule has 0 aliphatic rings. The molecular weight excluding hydrogens is 394 g/mol. The third kappa shape index (κ3) is 5.36. The molecule has 0 unspecified atom stereocenters. The van der Waals surface area contributed by atoms with Gasteiger partial charge in [0.1, 0.15) is 18.0 Å². The van der Waals surface area contributed by atoms with Crippen molar-refractivity contribution in [2.45, 2.75) is 6.54 Å². The number of halogens is 1. The normalized spacial score (nSPS) is 10.4. The van der Waals surface area contributed by atoms with Crippen LogP contribution in [-0.4, -0.2) is 41.2 Å². The Hall–Kier alpha value is -3.32. The van der Waals surface area contributed by atoms with Crippen LogP contribution in [-0.2, 0) is 11.3 Å². The molecule has 3 aromatic rings. The molecule has 0 saturated heterocycles. The second-order valence-electron chi connectivity index (χ2n) is 6.02. The number of hydrogen-bond donors (Lipinski definition) is 0. The lowest BCUT2D eigenvalue weighted by Crippen LogP contribution is -2.34. The molecule has 3 rings (SSSR count). The Kier molecular flexibility index (Phi) is 6.86. The van der Waals surface area contributed by atoms with E-state index in [2.05, 4.69) is 16.7 Å². The maximum atomic E-state index is 12.6. The van der Waals surface area contributed by atoms with E-state index in [0.717, 1.165) is 11.3 Å². The van der Waals surface area contributed by atoms with Crippen molar-refractivity contribution in [3.05, 3.63) is 72.1 Å². The minimum Gasteiger partial charge on any atom is -0.497 e. The van der Waals surface area contributed by atoms with Crippen molar-refractivity contribution >= 4 is 17.5 Å². The minimum atomic E-state index is -0.256. The highest BCUT2D eigenvalue weighted by Crippen LogP contribution is 2.23. The van der Waals surface area contributed by atoms with Crippen molar-refractivity contribution in [1.29, 1.82) is 0 Å². The largest absolute Gasteiger partial charge is 0.497 e. The second kappa shape index (κ2) is 9.75. The summed E-state index contributed by atoms with van der Waals surface area (Å²) in [5, 5.41) is 4.42. The van der Waals surface area contributed by atoms with E-state index >= 15 is 0 Å². The molecule has 29 heavy (non-hydrogen) atoms. The van der Waals surface area contributed by atoms with Crippen LogP contribution in [0.1, 0.15) is 5.89 Å². The van der Waals surface area contributed by atoms with Crippen LogP contribution in [0.25, 0.3) is 11.4 Å². The highest BCUT2D eigenvalue weighted by molar-refractivity contribution is 6.32. The zero-order valence-electron chi connectivity index (χ0n) is 15.9. The Labute approximate surface area is 173 Å². The number of ether oxygens (including phenoxy) is 2. The van der Waals surface area contributed by atoms with Gasteiger partial charge in [-0.05, 0) is 36.4 Å². The number of methoxy groups -OCH3 is 1. The lowest BCUT2D eigenvalue weighted by molar-refractivity contribution is -0.133. The van der Waals surface area contributed by atoms with Crippen molar-refractivity contribution < 1.29 is 18.8 Å². The molecule has 1 amide bonds. The average Bonchev–Trinajstić information content (AvgIpc) is 3.21. The Morgan fingerprint density at radius 3 is 2.69 bits per heavy atom. The lowest BCUT2D eigenvalue weighted by atomic mass is 10.2. The molecule has 0 spiro atoms. The number of amides is 1. The van der Waals surface area contributed by atoms with Crippen LogP contribution in [0.2, 0.25) is 5.02 Å². The average molecular weight is 414 g/mol. The Morgan fingerprint density at radius 2 is 2.00 bits per heavy atom. The summed E-state index contributed by atoms with van der Waals surface area (Å²) in [5.41, 5.74) is 0.782. The van der Waals surface area contributed by atoms with Crippen molar-refractivity contribution in [1.82, 2.24) is 15.0 Å². The van der Waals surface area contributed by atoms with Gasteiger partial charge in [0.05, 0.1) is 12.1 Å². The van der Waals surface area contributed by atoms with Gasteiger partial charge < -0.3 is 18.9 Å². The standard InChI is InChI=1S/C21H20ClN3O4/c1-3-12-25(20(26)14-28-18-7-5-4-6-17(18)22)13-19-23-21(24-29-19)15-8-10-16(27-2)11-9-15/h3-11H,1,12-14H2,2H3. The number of benzene rings is 2. The van der Waals surface area contributed by atoms with E-state index in [4.69, 9.17) is 25.6 Å². The van der Waals surface area contributed by atoms with Crippen molar-refractivity contribution in [3.8, 4) is 22.9 Å². The first-order valence-corrected chi connectivity index (χ1v) is 9.21. The van der Waals surface area contributed by atoms with Crippen molar-refractivity contribution in [3.63, 3.8) is 0 Å². The summed E-state index contributed by atoms with van der Waals surface area (Å²) in [7, 11) is 1.60. The van der Waals surface area contributed by atoms with Crippen LogP contribution in [0.3, 0.4) is 0 Å². The second-order valence-corrected chi connectivity index (χ2v) is 6.43. The van der Waals surface area contributed by atoms with Crippen LogP contribution >= 0.6 is 11.6 Å². The topological polar surface area (TPSA) is 77.7 Å². The molecule has 7 nitrogen and oxygen atoms in total. The summed E-state index contributed by atoms with van der Waals surface area (Å²) in [6.07, 6.45) is 1.62. The molecule has 0 aliphatic heterocycles. The van der Waals surface area contributed by atoms with Gasteiger partial charge in [0, 0.05) is 12.1 Å². The fraction of sp³-hybridized carbons (Fsp3) is 0.190. The molecular formula is C21H20ClN3O4. The first kappa shape index (κ1) is 20.4. The van der Waals surface area contributed by atoms with Crippen molar-refractivity contribution in [2.75, 3.05) is 20.3 Å². The fourth-order valence-corrected chi connectivity index (χ4v) is 2.73. The van der Waals surface area contributed by atoms with Gasteiger partial charge in [-0.25, -0.2) is 0 Å². The summed E-state index contributed by atoms with van der Waals surface area (Å²) in [6.45, 7) is 3.97. The third-order valence-corrected chi connectivity index (χ3v) is 4.34. The van der Waals surface area contributed by atoms with E-state index in [9.17, 15) is 4.79 Å². The molecule has 0 radical (unpaired) electrons. The number of carbonyl (C=O) groups is 1. The predicted octanol–water partition coefficient (Wildman–Crippen LogP) is 3.99. The van der Waals surface area contributed by atoms with Gasteiger partial charge in [-0.1, -0.05) is 35.0 Å². The zero-order chi connectivity index (χ0) is 20.6. The summed E-state index contributed by atoms with van der Waals surface area (Å²) < 4.78 is 16.0. The first-order valence-electron chi connectivity index (χ1n) is 8.83. The summed E-state index contributed by atoms with van der Waals surface area (Å²) >= 11 is 6.05. The van der Waals surface area contributed by atoms with Gasteiger partial charge in [0.25, 0.3) is 5.91 Å². The van der Waals surface area contributed by atoms with E-state index in [1.807, 2.05) is 24.3 Å². The van der Waals surface area contributed by atoms with E-state index in [-0.39, 0.29) is 19.1 Å². The summed E-state index contributed by atoms with van der Waals surface area (Å²) in [4.78, 5) is 18.4. The predicted molar refractivity (Wildman–Crippen MR) is 109 cm³/mol. The molecule has 1 aromatic heterocycles. The molecule has 0 atom stereocenters. The summed E-state index contributed by atoms with van der Waals surface area (Å²) in [6, 6.07) is 14.3. The summed E-state index contributed by atoms with van der Waals surface area (Å²) in [5.74, 6) is 1.66. The van der Waals surface area contributed by atoms with Gasteiger partial charge >= 0.3 is 0 Å². The highest BCUT2D eigenvalue weighted by atomic mass is 35.5. The first-order chi connectivity index (χ1) is 14.1. The third-order valence-electron chi connectivity index (χ3n) is 4.03. The van der Waals surface area contributed by atoms with E-state index in [1.165, 1.54) is 4.90 Å². The maximum Gasteiger partial charge on any atom is 0.261 e. The number of nitrogens with zero attached hydrogens (tertiary/aromatic N) is 3. The highest BCUT2D eigenvalue weighted by Gasteiger charge is 2.18. The van der Waals surface area contributed by atoms with Crippen LogP contribution < -0.4 is 9.47 Å². The number of rotatable bonds is 9. The monoisotopic (exact) mass is 413 g/mol. The van der Waals surface area contributed by atoms with E-state index < -0.39 is 0 Å². The Balaban J connectivity index is 1.65.